The Bertz CT molecular complexity index is 1900. The number of benzene rings is 3. The maximum atomic E-state index is 14.5. The highest BCUT2D eigenvalue weighted by atomic mass is 79.9. The van der Waals surface area contributed by atoms with Crippen LogP contribution in [0.15, 0.2) is 83.3 Å². The number of hydrogen-bond acceptors (Lipinski definition) is 6. The van der Waals surface area contributed by atoms with Crippen molar-refractivity contribution in [3.8, 4) is 11.5 Å². The van der Waals surface area contributed by atoms with Crippen molar-refractivity contribution in [1.29, 1.82) is 0 Å². The van der Waals surface area contributed by atoms with Crippen LogP contribution >= 0.6 is 15.9 Å². The summed E-state index contributed by atoms with van der Waals surface area (Å²) < 4.78 is 19.6. The van der Waals surface area contributed by atoms with Gasteiger partial charge in [-0.1, -0.05) is 36.4 Å². The average Bonchev–Trinajstić information content (AvgIpc) is 3.93. The Kier molecular flexibility index (Phi) is 9.48. The quantitative estimate of drug-likeness (QED) is 0.177. The minimum absolute atomic E-state index is 0.0124. The normalized spacial score (nSPS) is 20.8. The third kappa shape index (κ3) is 5.87. The van der Waals surface area contributed by atoms with Gasteiger partial charge in [-0.05, 0) is 107 Å². The van der Waals surface area contributed by atoms with Gasteiger partial charge in [0, 0.05) is 49.8 Å². The molecule has 2 saturated heterocycles. The fourth-order valence-corrected chi connectivity index (χ4v) is 9.07. The summed E-state index contributed by atoms with van der Waals surface area (Å²) >= 11 is 3.62. The molecule has 3 aromatic carbocycles. The molecule has 2 fully saturated rings. The number of hydrogen-bond donors (Lipinski definition) is 0. The van der Waals surface area contributed by atoms with Gasteiger partial charge in [0.15, 0.2) is 5.54 Å². The molecule has 3 aliphatic rings. The highest BCUT2D eigenvalue weighted by Gasteiger charge is 2.64. The number of fused-ring (bicyclic) bond motifs is 3. The van der Waals surface area contributed by atoms with Crippen molar-refractivity contribution in [2.75, 3.05) is 41.0 Å². The van der Waals surface area contributed by atoms with Crippen LogP contribution in [0.4, 0.5) is 0 Å². The van der Waals surface area contributed by atoms with E-state index in [-0.39, 0.29) is 30.1 Å². The highest BCUT2D eigenvalue weighted by Crippen LogP contribution is 2.55. The molecular weight excluding hydrogens is 698 g/mol. The topological polar surface area (TPSA) is 90.3 Å². The number of aromatic nitrogens is 1. The molecule has 2 aliphatic heterocycles. The van der Waals surface area contributed by atoms with E-state index < -0.39 is 11.5 Å². The van der Waals surface area contributed by atoms with Crippen LogP contribution in [0.25, 0.3) is 0 Å². The van der Waals surface area contributed by atoms with Gasteiger partial charge in [0.25, 0.3) is 11.8 Å². The summed E-state index contributed by atoms with van der Waals surface area (Å²) in [6, 6.07) is 24.8. The van der Waals surface area contributed by atoms with Gasteiger partial charge >= 0.3 is 5.97 Å². The van der Waals surface area contributed by atoms with Crippen molar-refractivity contribution in [3.63, 3.8) is 0 Å². The molecule has 10 heteroatoms. The highest BCUT2D eigenvalue weighted by molar-refractivity contribution is 9.10. The van der Waals surface area contributed by atoms with Crippen molar-refractivity contribution in [1.82, 2.24) is 14.4 Å². The Morgan fingerprint density at radius 1 is 0.860 bits per heavy atom. The standard InChI is InChI=1S/C40H42BrN3O6/c1-48-30-14-11-27(12-15-30)24-40(39(47)50-3)36-29(25-44(40)37(45)28-9-5-4-6-10-28)22-33-31(36)23-34(38(46)42-18-7-8-19-42)43(33)20-17-26-13-16-35(49-2)32(41)21-26/h4-6,9-16,21,23,29,36H,7-8,17-20,22,24-25H2,1-3H3/t29-,36+,40+/m0/s1. The van der Waals surface area contributed by atoms with Gasteiger partial charge in [-0.2, -0.15) is 0 Å². The summed E-state index contributed by atoms with van der Waals surface area (Å²) in [7, 11) is 4.66. The molecule has 0 spiro atoms. The second-order valence-corrected chi connectivity index (χ2v) is 14.3. The van der Waals surface area contributed by atoms with Crippen LogP contribution in [0.1, 0.15) is 62.0 Å². The number of aryl methyl sites for hydroxylation is 1. The van der Waals surface area contributed by atoms with Crippen LogP contribution in [0.3, 0.4) is 0 Å². The SMILES string of the molecule is COC(=O)[C@@]1(Cc2ccc(OC)cc2)[C@H]2c3cc(C(=O)N4CCCC4)n(CCc4ccc(OC)c(Br)c4)c3C[C@H]2CN1C(=O)c1ccccc1. The summed E-state index contributed by atoms with van der Waals surface area (Å²) in [5, 5.41) is 0. The number of ether oxygens (including phenoxy) is 3. The zero-order chi connectivity index (χ0) is 35.0. The van der Waals surface area contributed by atoms with Crippen LogP contribution in [-0.2, 0) is 35.3 Å². The third-order valence-corrected chi connectivity index (χ3v) is 11.4. The van der Waals surface area contributed by atoms with Gasteiger partial charge in [0.1, 0.15) is 17.2 Å². The lowest BCUT2D eigenvalue weighted by atomic mass is 9.75. The zero-order valence-corrected chi connectivity index (χ0v) is 30.3. The molecule has 0 unspecified atom stereocenters. The van der Waals surface area contributed by atoms with E-state index in [0.717, 1.165) is 58.5 Å². The van der Waals surface area contributed by atoms with E-state index >= 15 is 0 Å². The maximum Gasteiger partial charge on any atom is 0.332 e. The Morgan fingerprint density at radius 3 is 2.24 bits per heavy atom. The summed E-state index contributed by atoms with van der Waals surface area (Å²) in [5.41, 5.74) is 3.83. The number of methoxy groups -OCH3 is 3. The monoisotopic (exact) mass is 739 g/mol. The first-order valence-electron chi connectivity index (χ1n) is 17.2. The summed E-state index contributed by atoms with van der Waals surface area (Å²) in [4.78, 5) is 46.8. The Balaban J connectivity index is 1.35. The number of likely N-dealkylation sites (tertiary alicyclic amines) is 2. The molecule has 50 heavy (non-hydrogen) atoms. The van der Waals surface area contributed by atoms with Gasteiger partial charge in [-0.25, -0.2) is 4.79 Å². The average molecular weight is 741 g/mol. The number of esters is 1. The molecule has 0 bridgehead atoms. The number of nitrogens with zero attached hydrogens (tertiary/aromatic N) is 3. The van der Waals surface area contributed by atoms with Gasteiger partial charge in [-0.3, -0.25) is 9.59 Å². The van der Waals surface area contributed by atoms with Crippen molar-refractivity contribution in [3.05, 3.63) is 117 Å². The molecule has 2 amide bonds. The minimum Gasteiger partial charge on any atom is -0.497 e. The predicted octanol–water partition coefficient (Wildman–Crippen LogP) is 6.31. The Labute approximate surface area is 301 Å². The summed E-state index contributed by atoms with van der Waals surface area (Å²) in [6.07, 6.45) is 3.57. The van der Waals surface area contributed by atoms with Crippen LogP contribution < -0.4 is 9.47 Å². The molecule has 260 valence electrons. The molecule has 9 nitrogen and oxygen atoms in total. The van der Waals surface area contributed by atoms with E-state index in [1.165, 1.54) is 7.11 Å². The van der Waals surface area contributed by atoms with Crippen molar-refractivity contribution >= 4 is 33.7 Å². The van der Waals surface area contributed by atoms with Crippen LogP contribution in [-0.4, -0.2) is 78.7 Å². The number of carbonyl (C=O) groups excluding carboxylic acids is 3. The molecular formula is C40H42BrN3O6. The van der Waals surface area contributed by atoms with Crippen molar-refractivity contribution < 1.29 is 28.6 Å². The lowest BCUT2D eigenvalue weighted by Gasteiger charge is -2.40. The summed E-state index contributed by atoms with van der Waals surface area (Å²) in [6.45, 7) is 2.45. The first-order valence-corrected chi connectivity index (χ1v) is 18.0. The second-order valence-electron chi connectivity index (χ2n) is 13.5. The van der Waals surface area contributed by atoms with Crippen molar-refractivity contribution in [2.45, 2.75) is 50.1 Å². The third-order valence-electron chi connectivity index (χ3n) is 10.8. The van der Waals surface area contributed by atoms with E-state index in [1.54, 1.807) is 31.3 Å². The molecule has 0 N–H and O–H groups in total. The molecule has 0 saturated carbocycles. The second kappa shape index (κ2) is 14.0. The number of amides is 2. The van der Waals surface area contributed by atoms with E-state index in [9.17, 15) is 14.4 Å². The molecule has 1 aliphatic carbocycles. The Hall–Kier alpha value is -4.57. The van der Waals surface area contributed by atoms with Gasteiger partial charge in [0.05, 0.1) is 25.8 Å². The zero-order valence-electron chi connectivity index (χ0n) is 28.7. The number of rotatable bonds is 10. The van der Waals surface area contributed by atoms with Crippen molar-refractivity contribution in [2.24, 2.45) is 5.92 Å². The molecule has 1 aromatic heterocycles. The lowest BCUT2D eigenvalue weighted by Crippen LogP contribution is -2.58. The minimum atomic E-state index is -1.34. The number of halogens is 1. The van der Waals surface area contributed by atoms with Gasteiger partial charge < -0.3 is 28.6 Å². The molecule has 3 heterocycles. The van der Waals surface area contributed by atoms with E-state index in [2.05, 4.69) is 26.6 Å². The predicted molar refractivity (Wildman–Crippen MR) is 193 cm³/mol. The fraction of sp³-hybridized carbons (Fsp3) is 0.375. The largest absolute Gasteiger partial charge is 0.497 e. The lowest BCUT2D eigenvalue weighted by molar-refractivity contribution is -0.153. The fourth-order valence-electron chi connectivity index (χ4n) is 8.48. The smallest absolute Gasteiger partial charge is 0.332 e. The van der Waals surface area contributed by atoms with Crippen LogP contribution in [0.2, 0.25) is 0 Å². The summed E-state index contributed by atoms with van der Waals surface area (Å²) in [5.74, 6) is 0.400. The first kappa shape index (κ1) is 33.9. The molecule has 0 radical (unpaired) electrons. The van der Waals surface area contributed by atoms with Crippen LogP contribution in [0.5, 0.6) is 11.5 Å². The van der Waals surface area contributed by atoms with Crippen LogP contribution in [0, 0.1) is 5.92 Å². The van der Waals surface area contributed by atoms with Gasteiger partial charge in [0.2, 0.25) is 0 Å². The molecule has 3 atom stereocenters. The Morgan fingerprint density at radius 2 is 1.58 bits per heavy atom. The molecule has 4 aromatic rings. The van der Waals surface area contributed by atoms with Gasteiger partial charge in [-0.15, -0.1) is 0 Å². The first-order chi connectivity index (χ1) is 24.3. The van der Waals surface area contributed by atoms with E-state index in [1.807, 2.05) is 65.6 Å². The molecule has 7 rings (SSSR count). The van der Waals surface area contributed by atoms with E-state index in [4.69, 9.17) is 14.2 Å². The maximum absolute atomic E-state index is 14.5. The van der Waals surface area contributed by atoms with E-state index in [0.29, 0.717) is 42.9 Å². The number of carbonyl (C=O) groups is 3.